The van der Waals surface area contributed by atoms with Crippen LogP contribution in [0.2, 0.25) is 5.02 Å². The Morgan fingerprint density at radius 1 is 0.758 bits per heavy atom. The summed E-state index contributed by atoms with van der Waals surface area (Å²) in [5.41, 5.74) is 2.60. The van der Waals surface area contributed by atoms with E-state index in [4.69, 9.17) is 11.6 Å². The Hall–Kier alpha value is -3.29. The Morgan fingerprint density at radius 2 is 1.30 bits per heavy atom. The molecule has 0 saturated carbocycles. The first-order chi connectivity index (χ1) is 15.6. The van der Waals surface area contributed by atoms with Gasteiger partial charge in [0.25, 0.3) is 11.8 Å². The topological polar surface area (TPSA) is 87.3 Å². The first kappa shape index (κ1) is 24.4. The van der Waals surface area contributed by atoms with Gasteiger partial charge < -0.3 is 5.32 Å². The second-order valence-electron chi connectivity index (χ2n) is 8.30. The van der Waals surface area contributed by atoms with Crippen molar-refractivity contribution in [1.82, 2.24) is 10.0 Å². The predicted molar refractivity (Wildman–Crippen MR) is 133 cm³/mol. The van der Waals surface area contributed by atoms with Gasteiger partial charge in [-0.25, -0.2) is 4.79 Å². The molecule has 170 valence electrons. The molecule has 3 N–H and O–H groups in total. The van der Waals surface area contributed by atoms with Crippen molar-refractivity contribution in [3.05, 3.63) is 94.5 Å². The summed E-state index contributed by atoms with van der Waals surface area (Å²) in [5, 5.41) is 5.66. The Bertz CT molecular complexity index is 1140. The number of carbonyl (C=O) groups is 3. The molecular weight excluding hydrogens is 458 g/mol. The van der Waals surface area contributed by atoms with Crippen LogP contribution in [0.5, 0.6) is 0 Å². The molecule has 3 aromatic carbocycles. The van der Waals surface area contributed by atoms with Crippen molar-refractivity contribution in [2.24, 2.45) is 0 Å². The zero-order valence-electron chi connectivity index (χ0n) is 18.4. The number of anilines is 1. The Morgan fingerprint density at radius 3 is 1.88 bits per heavy atom. The molecule has 0 aliphatic heterocycles. The quantitative estimate of drug-likeness (QED) is 0.388. The van der Waals surface area contributed by atoms with Crippen molar-refractivity contribution in [2.75, 3.05) is 5.32 Å². The van der Waals surface area contributed by atoms with Crippen LogP contribution in [0.3, 0.4) is 0 Å². The molecule has 0 heterocycles. The summed E-state index contributed by atoms with van der Waals surface area (Å²) in [6, 6.07) is 20.1. The number of urea groups is 1. The molecule has 3 aromatic rings. The molecule has 0 aliphatic carbocycles. The average molecular weight is 482 g/mol. The fourth-order valence-electron chi connectivity index (χ4n) is 2.84. The maximum atomic E-state index is 12.3. The molecule has 0 aliphatic rings. The number of halogens is 1. The van der Waals surface area contributed by atoms with Crippen LogP contribution in [0.15, 0.2) is 77.7 Å². The lowest BCUT2D eigenvalue weighted by atomic mass is 9.87. The van der Waals surface area contributed by atoms with Gasteiger partial charge in [-0.1, -0.05) is 44.5 Å². The lowest BCUT2D eigenvalue weighted by molar-refractivity contribution is 0.0964. The third-order valence-electron chi connectivity index (χ3n) is 4.72. The molecule has 3 rings (SSSR count). The van der Waals surface area contributed by atoms with Crippen LogP contribution in [0.4, 0.5) is 10.5 Å². The maximum absolute atomic E-state index is 12.3. The number of benzene rings is 3. The van der Waals surface area contributed by atoms with Crippen LogP contribution in [-0.2, 0) is 5.41 Å². The summed E-state index contributed by atoms with van der Waals surface area (Å²) in [7, 11) is 0. The number of carbonyl (C=O) groups excluding carboxylic acids is 3. The monoisotopic (exact) mass is 481 g/mol. The summed E-state index contributed by atoms with van der Waals surface area (Å²) in [4.78, 5) is 37.4. The smallest absolute Gasteiger partial charge is 0.322 e. The third-order valence-corrected chi connectivity index (χ3v) is 5.77. The molecule has 0 unspecified atom stereocenters. The van der Waals surface area contributed by atoms with Crippen molar-refractivity contribution in [3.8, 4) is 0 Å². The molecular formula is C25H24ClN3O3S. The van der Waals surface area contributed by atoms with Crippen LogP contribution in [0.25, 0.3) is 0 Å². The zero-order valence-corrected chi connectivity index (χ0v) is 20.0. The molecule has 0 radical (unpaired) electrons. The molecule has 8 heteroatoms. The van der Waals surface area contributed by atoms with E-state index in [1.165, 1.54) is 0 Å². The van der Waals surface area contributed by atoms with Gasteiger partial charge in [0.2, 0.25) is 0 Å². The fraction of sp³-hybridized carbons (Fsp3) is 0.160. The van der Waals surface area contributed by atoms with Crippen molar-refractivity contribution in [1.29, 1.82) is 0 Å². The van der Waals surface area contributed by atoms with E-state index in [-0.39, 0.29) is 11.3 Å². The second-order valence-corrected chi connectivity index (χ2v) is 9.62. The number of imide groups is 1. The van der Waals surface area contributed by atoms with Crippen LogP contribution in [0, 0.1) is 0 Å². The molecule has 4 amide bonds. The molecule has 33 heavy (non-hydrogen) atoms. The van der Waals surface area contributed by atoms with Gasteiger partial charge in [-0.05, 0) is 83.6 Å². The van der Waals surface area contributed by atoms with E-state index in [1.807, 2.05) is 12.1 Å². The van der Waals surface area contributed by atoms with Gasteiger partial charge >= 0.3 is 6.03 Å². The number of amides is 4. The molecule has 0 fully saturated rings. The lowest BCUT2D eigenvalue weighted by Crippen LogP contribution is -2.36. The van der Waals surface area contributed by atoms with E-state index >= 15 is 0 Å². The van der Waals surface area contributed by atoms with Gasteiger partial charge in [-0.15, -0.1) is 0 Å². The van der Waals surface area contributed by atoms with Gasteiger partial charge in [-0.3, -0.25) is 19.6 Å². The Labute approximate surface area is 202 Å². The molecule has 0 atom stereocenters. The minimum atomic E-state index is -0.620. The first-order valence-electron chi connectivity index (χ1n) is 10.2. The lowest BCUT2D eigenvalue weighted by Gasteiger charge is -2.19. The van der Waals surface area contributed by atoms with Crippen molar-refractivity contribution in [3.63, 3.8) is 0 Å². The second kappa shape index (κ2) is 10.6. The SMILES string of the molecule is CC(C)(C)c1ccc(C(=O)NC(=O)NSc2ccc(NC(=O)c3ccc(Cl)cc3)cc2)cc1. The van der Waals surface area contributed by atoms with Gasteiger partial charge in [-0.2, -0.15) is 0 Å². The summed E-state index contributed by atoms with van der Waals surface area (Å²) < 4.78 is 2.57. The highest BCUT2D eigenvalue weighted by molar-refractivity contribution is 7.98. The van der Waals surface area contributed by atoms with Crippen molar-refractivity contribution >= 4 is 47.1 Å². The molecule has 6 nitrogen and oxygen atoms in total. The first-order valence-corrected chi connectivity index (χ1v) is 11.4. The van der Waals surface area contributed by atoms with Gasteiger partial charge in [0, 0.05) is 26.7 Å². The Kier molecular flexibility index (Phi) is 7.79. The van der Waals surface area contributed by atoms with Gasteiger partial charge in [0.15, 0.2) is 0 Å². The summed E-state index contributed by atoms with van der Waals surface area (Å²) >= 11 is 6.89. The number of nitrogens with one attached hydrogen (secondary N) is 3. The highest BCUT2D eigenvalue weighted by atomic mass is 35.5. The van der Waals surface area contributed by atoms with Crippen LogP contribution in [0.1, 0.15) is 47.1 Å². The van der Waals surface area contributed by atoms with E-state index in [1.54, 1.807) is 60.7 Å². The maximum Gasteiger partial charge on any atom is 0.331 e. The molecule has 0 bridgehead atoms. The Balaban J connectivity index is 1.48. The third kappa shape index (κ3) is 7.10. The number of rotatable bonds is 5. The normalized spacial score (nSPS) is 10.9. The van der Waals surface area contributed by atoms with E-state index < -0.39 is 11.9 Å². The predicted octanol–water partition coefficient (Wildman–Crippen LogP) is 6.04. The highest BCUT2D eigenvalue weighted by Crippen LogP contribution is 2.22. The van der Waals surface area contributed by atoms with Gasteiger partial charge in [0.1, 0.15) is 0 Å². The van der Waals surface area contributed by atoms with Crippen LogP contribution in [-0.4, -0.2) is 17.8 Å². The van der Waals surface area contributed by atoms with Crippen molar-refractivity contribution < 1.29 is 14.4 Å². The minimum Gasteiger partial charge on any atom is -0.322 e. The molecule has 0 aromatic heterocycles. The standard InChI is InChI=1S/C25H24ClN3O3S/c1-25(2,3)18-8-4-16(5-9-18)23(31)28-24(32)29-33-21-14-12-20(13-15-21)27-22(30)17-6-10-19(26)11-7-17/h4-15H,1-3H3,(H,27,30)(H2,28,29,31,32). The minimum absolute atomic E-state index is 0.0166. The summed E-state index contributed by atoms with van der Waals surface area (Å²) in [6.07, 6.45) is 0. The van der Waals surface area contributed by atoms with Crippen LogP contribution < -0.4 is 15.4 Å². The van der Waals surface area contributed by atoms with E-state index in [0.29, 0.717) is 21.8 Å². The van der Waals surface area contributed by atoms with E-state index in [0.717, 1.165) is 22.4 Å². The van der Waals surface area contributed by atoms with Crippen molar-refractivity contribution in [2.45, 2.75) is 31.1 Å². The van der Waals surface area contributed by atoms with Gasteiger partial charge in [0.05, 0.1) is 0 Å². The zero-order chi connectivity index (χ0) is 24.0. The van der Waals surface area contributed by atoms with Crippen LogP contribution >= 0.6 is 23.5 Å². The number of hydrogen-bond acceptors (Lipinski definition) is 4. The summed E-state index contributed by atoms with van der Waals surface area (Å²) in [6.45, 7) is 6.27. The fourth-order valence-corrected chi connectivity index (χ4v) is 3.50. The highest BCUT2D eigenvalue weighted by Gasteiger charge is 2.15. The van der Waals surface area contributed by atoms with E-state index in [2.05, 4.69) is 36.1 Å². The molecule has 0 saturated heterocycles. The average Bonchev–Trinajstić information content (AvgIpc) is 2.78. The summed E-state index contributed by atoms with van der Waals surface area (Å²) in [5.74, 6) is -0.729. The van der Waals surface area contributed by atoms with E-state index in [9.17, 15) is 14.4 Å². The largest absolute Gasteiger partial charge is 0.331 e. The number of hydrogen-bond donors (Lipinski definition) is 3. The molecule has 0 spiro atoms.